The lowest BCUT2D eigenvalue weighted by atomic mass is 9.97. The number of allylic oxidation sites excluding steroid dienone is 1. The first-order chi connectivity index (χ1) is 49.0. The van der Waals surface area contributed by atoms with Crippen molar-refractivity contribution in [1.29, 1.82) is 0 Å². The number of carbonyl (C=O) groups is 9. The van der Waals surface area contributed by atoms with Crippen LogP contribution in [0.5, 0.6) is 0 Å². The molecule has 4 saturated heterocycles. The molecule has 7 heterocycles. The van der Waals surface area contributed by atoms with Crippen LogP contribution in [-0.4, -0.2) is 200 Å². The first kappa shape index (κ1) is 97.7. The second-order valence-corrected chi connectivity index (χ2v) is 31.3. The fourth-order valence-electron chi connectivity index (χ4n) is 12.5. The van der Waals surface area contributed by atoms with Crippen molar-refractivity contribution in [3.63, 3.8) is 0 Å². The maximum atomic E-state index is 13.6. The topological polar surface area (TPSA) is 332 Å². The van der Waals surface area contributed by atoms with E-state index in [9.17, 15) is 48.3 Å². The summed E-state index contributed by atoms with van der Waals surface area (Å²) in [5.74, 6) is -2.23. The molecule has 610 valence electrons. The van der Waals surface area contributed by atoms with Gasteiger partial charge in [-0.2, -0.15) is 0 Å². The highest BCUT2D eigenvalue weighted by Crippen LogP contribution is 2.41. The van der Waals surface area contributed by atoms with Gasteiger partial charge in [0.1, 0.15) is 41.0 Å². The molecular formula is C79H116Br3N11O17. The molecule has 7 atom stereocenters. The third-order valence-electron chi connectivity index (χ3n) is 17.5. The molecule has 28 nitrogen and oxygen atoms in total. The molecule has 2 aromatic heterocycles. The number of halogens is 3. The van der Waals surface area contributed by atoms with Gasteiger partial charge in [-0.25, -0.2) is 43.1 Å². The van der Waals surface area contributed by atoms with Crippen LogP contribution in [0, 0.1) is 17.8 Å². The number of nitrogens with zero attached hydrogens (tertiary/aromatic N) is 8. The normalized spacial score (nSPS) is 18.2. The first-order valence-corrected chi connectivity index (χ1v) is 36.4. The third kappa shape index (κ3) is 24.3. The molecule has 31 heteroatoms. The standard InChI is InChI=1S/C25H33BrN4O6.C25H31BrN4O6.C23H28BrN3O5.6CH4/c2*1-14(2)20(28-23(33)35-6)22(32)29-13-17(31)11-18(29)21-27-12-19(15-7-9-16(26)10-8-15)30(21)24(34)36-25(3,4)5;1-14(2)20(26-22(29)30-3)21(28)27-13-23(31-8-9-32-23)11-19(27)18-10-16(12-25-18)15-4-6-17(24)7-5-15;;;;;;/h7-10,12,14,17-18,20,31H,11,13H2,1-6H3,(H,28,33);7-10,12,14,18,20H,11,13H2,1-6H3,(H,28,33);4-7,12,14,19-20H,8-11,13H2,1-3H3,(H,26,29);6*1H4/t17?,18-,20-;18-,20-;19-,20-;;;;;;/m000....../s1. The van der Waals surface area contributed by atoms with Crippen molar-refractivity contribution in [2.75, 3.05) is 54.2 Å². The Balaban J connectivity index is 0.000000546. The van der Waals surface area contributed by atoms with Crippen LogP contribution in [0.15, 0.2) is 110 Å². The van der Waals surface area contributed by atoms with Crippen LogP contribution >= 0.6 is 47.8 Å². The molecular weight excluding hydrogens is 1610 g/mol. The average Bonchev–Trinajstić information content (AvgIpc) is 1.62. The number of aliphatic imine (C=N–C) groups is 1. The summed E-state index contributed by atoms with van der Waals surface area (Å²) in [5.41, 5.74) is 3.93. The Labute approximate surface area is 674 Å². The monoisotopic (exact) mass is 1730 g/mol. The number of ether oxygens (including phenoxy) is 7. The number of alkyl carbamates (subject to hydrolysis) is 3. The van der Waals surface area contributed by atoms with Gasteiger partial charge in [-0.05, 0) is 107 Å². The van der Waals surface area contributed by atoms with Gasteiger partial charge in [0.05, 0.1) is 95.6 Å². The summed E-state index contributed by atoms with van der Waals surface area (Å²) in [4.78, 5) is 134. The minimum Gasteiger partial charge on any atom is -0.453 e. The Morgan fingerprint density at radius 3 is 1.30 bits per heavy atom. The summed E-state index contributed by atoms with van der Waals surface area (Å²) < 4.78 is 42.7. The summed E-state index contributed by atoms with van der Waals surface area (Å²) >= 11 is 10.3. The van der Waals surface area contributed by atoms with Gasteiger partial charge in [0, 0.05) is 68.7 Å². The second kappa shape index (κ2) is 41.8. The predicted octanol–water partition coefficient (Wildman–Crippen LogP) is 15.6. The minimum absolute atomic E-state index is 0. The van der Waals surface area contributed by atoms with E-state index in [2.05, 4.69) is 83.2 Å². The van der Waals surface area contributed by atoms with Crippen molar-refractivity contribution >= 4 is 113 Å². The molecule has 0 saturated carbocycles. The Bertz CT molecular complexity index is 4010. The maximum absolute atomic E-state index is 13.6. The molecule has 3 aromatic carbocycles. The number of imidazole rings is 2. The van der Waals surface area contributed by atoms with Gasteiger partial charge < -0.3 is 68.9 Å². The van der Waals surface area contributed by atoms with Crippen molar-refractivity contribution in [1.82, 2.24) is 49.8 Å². The molecule has 4 fully saturated rings. The quantitative estimate of drug-likeness (QED) is 0.0707. The lowest BCUT2D eigenvalue weighted by molar-refractivity contribution is -0.153. The summed E-state index contributed by atoms with van der Waals surface area (Å²) in [6.45, 7) is 22.6. The number of hydrogen-bond acceptors (Lipinski definition) is 20. The summed E-state index contributed by atoms with van der Waals surface area (Å²) in [6.07, 6.45) is 2.01. The third-order valence-corrected chi connectivity index (χ3v) is 19.1. The van der Waals surface area contributed by atoms with Crippen LogP contribution in [0.2, 0.25) is 0 Å². The van der Waals surface area contributed by atoms with Crippen molar-refractivity contribution in [2.45, 2.75) is 213 Å². The van der Waals surface area contributed by atoms with E-state index in [1.807, 2.05) is 92.8 Å². The molecule has 1 spiro atoms. The van der Waals surface area contributed by atoms with Crippen molar-refractivity contribution in [3.8, 4) is 22.5 Å². The number of nitrogens with one attached hydrogen (secondary N) is 3. The zero-order valence-corrected chi connectivity index (χ0v) is 65.7. The van der Waals surface area contributed by atoms with Gasteiger partial charge >= 0.3 is 30.5 Å². The van der Waals surface area contributed by atoms with Crippen LogP contribution in [0.3, 0.4) is 0 Å². The number of rotatable bonds is 15. The summed E-state index contributed by atoms with van der Waals surface area (Å²) in [5, 5.41) is 18.3. The number of aliphatic hydroxyl groups excluding tert-OH is 1. The van der Waals surface area contributed by atoms with Crippen molar-refractivity contribution < 1.29 is 81.4 Å². The highest BCUT2D eigenvalue weighted by molar-refractivity contribution is 9.11. The van der Waals surface area contributed by atoms with Gasteiger partial charge in [0.2, 0.25) is 17.7 Å². The number of ketones is 1. The molecule has 0 aliphatic carbocycles. The van der Waals surface area contributed by atoms with E-state index >= 15 is 0 Å². The van der Waals surface area contributed by atoms with Gasteiger partial charge in [0.25, 0.3) is 0 Å². The number of aromatic nitrogens is 4. The van der Waals surface area contributed by atoms with Crippen LogP contribution < -0.4 is 16.0 Å². The Morgan fingerprint density at radius 1 is 0.545 bits per heavy atom. The van der Waals surface area contributed by atoms with Gasteiger partial charge in [-0.15, -0.1) is 0 Å². The molecule has 1 unspecified atom stereocenters. The minimum atomic E-state index is -0.929. The van der Waals surface area contributed by atoms with Crippen LogP contribution in [0.1, 0.15) is 183 Å². The molecule has 0 bridgehead atoms. The maximum Gasteiger partial charge on any atom is 0.420 e. The zero-order valence-electron chi connectivity index (χ0n) is 61.0. The lowest BCUT2D eigenvalue weighted by Crippen LogP contribution is -2.54. The predicted molar refractivity (Wildman–Crippen MR) is 435 cm³/mol. The number of hydrogen-bond donors (Lipinski definition) is 4. The van der Waals surface area contributed by atoms with Crippen LogP contribution in [-0.2, 0) is 52.3 Å². The number of amides is 6. The van der Waals surface area contributed by atoms with Gasteiger partial charge in [-0.3, -0.25) is 24.2 Å². The number of Topliss-reactive ketones (excluding diaryl/α,β-unsaturated/α-hetero) is 1. The van der Waals surface area contributed by atoms with E-state index in [4.69, 9.17) is 28.7 Å². The molecule has 0 radical (unpaired) electrons. The van der Waals surface area contributed by atoms with Crippen molar-refractivity contribution in [3.05, 3.63) is 122 Å². The van der Waals surface area contributed by atoms with Gasteiger partial charge in [0.15, 0.2) is 11.6 Å². The molecule has 5 aliphatic heterocycles. The summed E-state index contributed by atoms with van der Waals surface area (Å²) in [7, 11) is 3.72. The lowest BCUT2D eigenvalue weighted by Gasteiger charge is -2.31. The van der Waals surface area contributed by atoms with E-state index < -0.39 is 95.6 Å². The molecule has 110 heavy (non-hydrogen) atoms. The number of methoxy groups -OCH3 is 3. The molecule has 4 N–H and O–H groups in total. The highest BCUT2D eigenvalue weighted by atomic mass is 79.9. The fraction of sp³-hybridized carbons (Fsp3) is 0.544. The van der Waals surface area contributed by atoms with E-state index in [1.54, 1.807) is 80.3 Å². The van der Waals surface area contributed by atoms with Crippen molar-refractivity contribution in [2.24, 2.45) is 22.7 Å². The Morgan fingerprint density at radius 2 is 0.918 bits per heavy atom. The Hall–Kier alpha value is -8.36. The number of aliphatic hydroxyl groups is 1. The van der Waals surface area contributed by atoms with Gasteiger partial charge in [-0.1, -0.05) is 170 Å². The smallest absolute Gasteiger partial charge is 0.420 e. The molecule has 5 aliphatic rings. The summed E-state index contributed by atoms with van der Waals surface area (Å²) in [6, 6.07) is 18.4. The van der Waals surface area contributed by atoms with Crippen LogP contribution in [0.25, 0.3) is 28.1 Å². The second-order valence-electron chi connectivity index (χ2n) is 28.6. The fourth-order valence-corrected chi connectivity index (χ4v) is 13.3. The SMILES string of the molecule is C.C.C.C.C.C.COC(=O)N[C@H](C(=O)N1CC(=O)C[C@H]1c1ncc(-c2ccc(Br)cc2)n1C(=O)OC(C)(C)C)C(C)C.COC(=O)N[C@H](C(=O)N1CC(O)C[C@H]1c1ncc(-c2ccc(Br)cc2)n1C(=O)OC(C)(C)C)C(C)C.COC(=O)N[C@H](C(=O)N1CC2(C[C@H]1C1=NC=C(c3ccc(Br)cc3)C1)OCCO2)C(C)C. The molecule has 10 rings (SSSR count). The number of carbonyl (C=O) groups excluding carboxylic acids is 9. The Kier molecular flexibility index (Phi) is 37.1. The molecule has 6 amide bonds. The number of β-amino-alcohol motifs (C(OH)–C–C–N with tert-alkyl or cyclic N) is 1. The average molecular weight is 1730 g/mol. The van der Waals surface area contributed by atoms with Crippen LogP contribution in [0.4, 0.5) is 24.0 Å². The number of likely N-dealkylation sites (tertiary alicyclic amines) is 3. The molecule has 5 aromatic rings. The first-order valence-electron chi connectivity index (χ1n) is 34.0. The van der Waals surface area contributed by atoms with E-state index in [0.717, 1.165) is 35.8 Å². The highest BCUT2D eigenvalue weighted by Gasteiger charge is 2.53. The van der Waals surface area contributed by atoms with E-state index in [-0.39, 0.29) is 118 Å². The number of benzene rings is 3. The zero-order chi connectivity index (χ0) is 76.4. The van der Waals surface area contributed by atoms with E-state index in [1.165, 1.54) is 46.5 Å². The largest absolute Gasteiger partial charge is 0.453 e. The van der Waals surface area contributed by atoms with E-state index in [0.29, 0.717) is 49.6 Å².